The molecule has 0 unspecified atom stereocenters. The lowest BCUT2D eigenvalue weighted by molar-refractivity contribution is -0.132. The Hall–Kier alpha value is -2.83. The van der Waals surface area contributed by atoms with Gasteiger partial charge in [0.25, 0.3) is 5.91 Å². The van der Waals surface area contributed by atoms with E-state index in [-0.39, 0.29) is 17.6 Å². The number of rotatable bonds is 7. The van der Waals surface area contributed by atoms with Crippen molar-refractivity contribution in [3.63, 3.8) is 0 Å². The smallest absolute Gasteiger partial charge is 0.259 e. The highest BCUT2D eigenvalue weighted by Crippen LogP contribution is 2.29. The predicted octanol–water partition coefficient (Wildman–Crippen LogP) is 4.62. The van der Waals surface area contributed by atoms with Gasteiger partial charge in [-0.15, -0.1) is 0 Å². The molecule has 0 spiro atoms. The zero-order valence-corrected chi connectivity index (χ0v) is 18.4. The number of amides is 2. The number of hydrogen-bond donors (Lipinski definition) is 1. The molecule has 4 rings (SSSR count). The van der Waals surface area contributed by atoms with Crippen LogP contribution in [0.4, 0.5) is 10.1 Å². The number of anilines is 1. The average molecular weight is 439 g/mol. The van der Waals surface area contributed by atoms with Crippen LogP contribution >= 0.6 is 0 Å². The number of likely N-dealkylation sites (tertiary alicyclic amines) is 1. The molecule has 1 saturated heterocycles. The van der Waals surface area contributed by atoms with E-state index in [4.69, 9.17) is 0 Å². The van der Waals surface area contributed by atoms with E-state index in [1.807, 2.05) is 4.90 Å². The number of carbonyl (C=O) groups excluding carboxylic acids is 2. The summed E-state index contributed by atoms with van der Waals surface area (Å²) in [5, 5.41) is 2.78. The third-order valence-corrected chi connectivity index (χ3v) is 6.83. The van der Waals surface area contributed by atoms with Crippen molar-refractivity contribution < 1.29 is 14.0 Å². The third kappa shape index (κ3) is 5.90. The molecular weight excluding hydrogens is 407 g/mol. The molecule has 0 atom stereocenters. The fraction of sp³-hybridized carbons (Fsp3) is 0.520. The second-order valence-corrected chi connectivity index (χ2v) is 9.06. The highest BCUT2D eigenvalue weighted by molar-refractivity contribution is 6.04. The second-order valence-electron chi connectivity index (χ2n) is 9.06. The Labute approximate surface area is 188 Å². The number of nitrogens with one attached hydrogen (secondary N) is 1. The number of carbonyl (C=O) groups is 2. The number of halogens is 1. The fourth-order valence-corrected chi connectivity index (χ4v) is 4.88. The first-order valence-corrected chi connectivity index (χ1v) is 11.7. The summed E-state index contributed by atoms with van der Waals surface area (Å²) in [6, 6.07) is 5.66. The van der Waals surface area contributed by atoms with E-state index < -0.39 is 0 Å². The van der Waals surface area contributed by atoms with Crippen molar-refractivity contribution in [3.05, 3.63) is 53.9 Å². The summed E-state index contributed by atoms with van der Waals surface area (Å²) in [7, 11) is 0. The Morgan fingerprint density at radius 1 is 1.03 bits per heavy atom. The molecule has 1 aromatic heterocycles. The van der Waals surface area contributed by atoms with Gasteiger partial charge >= 0.3 is 0 Å². The van der Waals surface area contributed by atoms with Crippen LogP contribution in [0, 0.1) is 17.7 Å². The Morgan fingerprint density at radius 3 is 2.47 bits per heavy atom. The molecule has 1 aromatic carbocycles. The summed E-state index contributed by atoms with van der Waals surface area (Å²) in [6.45, 7) is 1.55. The lowest BCUT2D eigenvalue weighted by atomic mass is 9.90. The molecule has 1 N–H and O–H groups in total. The number of hydrogen-bond acceptors (Lipinski definition) is 4. The van der Waals surface area contributed by atoms with Gasteiger partial charge in [0.1, 0.15) is 12.1 Å². The Balaban J connectivity index is 1.29. The molecule has 0 radical (unpaired) electrons. The molecule has 7 heteroatoms. The SMILES string of the molecule is O=C(Nc1ccc(F)cc1)c1cncnc1CC1CCN(C(=O)CCC2CCCC2)CC1. The zero-order valence-electron chi connectivity index (χ0n) is 18.4. The van der Waals surface area contributed by atoms with Gasteiger partial charge in [-0.05, 0) is 61.8 Å². The summed E-state index contributed by atoms with van der Waals surface area (Å²) in [5.41, 5.74) is 1.67. The van der Waals surface area contributed by atoms with Crippen LogP contribution in [0.1, 0.15) is 67.4 Å². The van der Waals surface area contributed by atoms with E-state index in [2.05, 4.69) is 15.3 Å². The molecule has 1 aliphatic heterocycles. The molecule has 2 fully saturated rings. The van der Waals surface area contributed by atoms with E-state index in [1.165, 1.54) is 62.5 Å². The maximum absolute atomic E-state index is 13.1. The lowest BCUT2D eigenvalue weighted by Gasteiger charge is -2.32. The molecule has 6 nitrogen and oxygen atoms in total. The first-order valence-electron chi connectivity index (χ1n) is 11.7. The summed E-state index contributed by atoms with van der Waals surface area (Å²) < 4.78 is 13.1. The van der Waals surface area contributed by atoms with Gasteiger partial charge in [-0.25, -0.2) is 14.4 Å². The van der Waals surface area contributed by atoms with Gasteiger partial charge in [-0.3, -0.25) is 9.59 Å². The van der Waals surface area contributed by atoms with Crippen molar-refractivity contribution in [1.82, 2.24) is 14.9 Å². The summed E-state index contributed by atoms with van der Waals surface area (Å²) in [6.07, 6.45) is 12.4. The van der Waals surface area contributed by atoms with E-state index in [9.17, 15) is 14.0 Å². The maximum atomic E-state index is 13.1. The van der Waals surface area contributed by atoms with Crippen molar-refractivity contribution in [1.29, 1.82) is 0 Å². The van der Waals surface area contributed by atoms with E-state index >= 15 is 0 Å². The van der Waals surface area contributed by atoms with Crippen LogP contribution in [0.5, 0.6) is 0 Å². The highest BCUT2D eigenvalue weighted by atomic mass is 19.1. The minimum Gasteiger partial charge on any atom is -0.343 e. The topological polar surface area (TPSA) is 75.2 Å². The van der Waals surface area contributed by atoms with Gasteiger partial charge < -0.3 is 10.2 Å². The monoisotopic (exact) mass is 438 g/mol. The van der Waals surface area contributed by atoms with Crippen LogP contribution in [0.2, 0.25) is 0 Å². The van der Waals surface area contributed by atoms with Crippen molar-refractivity contribution >= 4 is 17.5 Å². The minimum absolute atomic E-state index is 0.289. The molecule has 2 aromatic rings. The molecule has 2 amide bonds. The van der Waals surface area contributed by atoms with Crippen LogP contribution in [0.25, 0.3) is 0 Å². The van der Waals surface area contributed by atoms with E-state index in [0.29, 0.717) is 35.7 Å². The van der Waals surface area contributed by atoms with Crippen molar-refractivity contribution in [2.75, 3.05) is 18.4 Å². The van der Waals surface area contributed by atoms with Gasteiger partial charge in [-0.2, -0.15) is 0 Å². The van der Waals surface area contributed by atoms with Gasteiger partial charge in [-0.1, -0.05) is 25.7 Å². The van der Waals surface area contributed by atoms with Crippen molar-refractivity contribution in [3.8, 4) is 0 Å². The molecule has 1 aliphatic carbocycles. The van der Waals surface area contributed by atoms with Crippen LogP contribution < -0.4 is 5.32 Å². The first kappa shape index (κ1) is 22.4. The Morgan fingerprint density at radius 2 is 1.75 bits per heavy atom. The zero-order chi connectivity index (χ0) is 22.3. The Bertz CT molecular complexity index is 920. The number of aromatic nitrogens is 2. The van der Waals surface area contributed by atoms with Crippen LogP contribution in [0.3, 0.4) is 0 Å². The average Bonchev–Trinajstić information content (AvgIpc) is 3.33. The molecular formula is C25H31FN4O2. The molecule has 0 bridgehead atoms. The first-order chi connectivity index (χ1) is 15.6. The second kappa shape index (κ2) is 10.7. The van der Waals surface area contributed by atoms with Gasteiger partial charge in [0.2, 0.25) is 5.91 Å². The molecule has 2 heterocycles. The van der Waals surface area contributed by atoms with Gasteiger partial charge in [0, 0.05) is 31.4 Å². The standard InChI is InChI=1S/C25H31FN4O2/c26-20-6-8-21(9-7-20)29-25(32)22-16-27-17-28-23(22)15-19-11-13-30(14-12-19)24(31)10-5-18-3-1-2-4-18/h6-9,16-19H,1-5,10-15H2,(H,29,32). The van der Waals surface area contributed by atoms with Crippen molar-refractivity contribution in [2.45, 2.75) is 57.8 Å². The van der Waals surface area contributed by atoms with E-state index in [0.717, 1.165) is 38.3 Å². The molecule has 32 heavy (non-hydrogen) atoms. The van der Waals surface area contributed by atoms with Crippen LogP contribution in [0.15, 0.2) is 36.8 Å². The van der Waals surface area contributed by atoms with Crippen LogP contribution in [-0.2, 0) is 11.2 Å². The predicted molar refractivity (Wildman–Crippen MR) is 121 cm³/mol. The quantitative estimate of drug-likeness (QED) is 0.684. The summed E-state index contributed by atoms with van der Waals surface area (Å²) >= 11 is 0. The number of nitrogens with zero attached hydrogens (tertiary/aromatic N) is 3. The maximum Gasteiger partial charge on any atom is 0.259 e. The van der Waals surface area contributed by atoms with Gasteiger partial charge in [0.05, 0.1) is 11.3 Å². The summed E-state index contributed by atoms with van der Waals surface area (Å²) in [5.74, 6) is 0.758. The number of piperidine rings is 1. The van der Waals surface area contributed by atoms with E-state index in [1.54, 1.807) is 0 Å². The van der Waals surface area contributed by atoms with Gasteiger partial charge in [0.15, 0.2) is 0 Å². The molecule has 170 valence electrons. The third-order valence-electron chi connectivity index (χ3n) is 6.83. The molecule has 1 saturated carbocycles. The van der Waals surface area contributed by atoms with Crippen molar-refractivity contribution in [2.24, 2.45) is 11.8 Å². The normalized spacial score (nSPS) is 17.5. The minimum atomic E-state index is -0.352. The largest absolute Gasteiger partial charge is 0.343 e. The summed E-state index contributed by atoms with van der Waals surface area (Å²) in [4.78, 5) is 35.7. The lowest BCUT2D eigenvalue weighted by Crippen LogP contribution is -2.39. The van der Waals surface area contributed by atoms with Crippen LogP contribution in [-0.4, -0.2) is 39.8 Å². The number of benzene rings is 1. The highest BCUT2D eigenvalue weighted by Gasteiger charge is 2.26. The molecule has 2 aliphatic rings. The fourth-order valence-electron chi connectivity index (χ4n) is 4.88. The Kier molecular flexibility index (Phi) is 7.45.